The van der Waals surface area contributed by atoms with Crippen LogP contribution >= 0.6 is 0 Å². The number of sulfonamides is 1. The molecule has 1 N–H and O–H groups in total. The normalized spacial score (nSPS) is 19.1. The van der Waals surface area contributed by atoms with Crippen molar-refractivity contribution in [1.82, 2.24) is 19.4 Å². The summed E-state index contributed by atoms with van der Waals surface area (Å²) in [7, 11) is 1.02. The average molecular weight is 306 g/mol. The molecule has 6 nitrogen and oxygen atoms in total. The van der Waals surface area contributed by atoms with Gasteiger partial charge >= 0.3 is 0 Å². The van der Waals surface area contributed by atoms with E-state index in [1.807, 2.05) is 13.8 Å². The summed E-state index contributed by atoms with van der Waals surface area (Å²) >= 11 is 0. The van der Waals surface area contributed by atoms with Gasteiger partial charge in [0.15, 0.2) is 0 Å². The molecule has 0 saturated carbocycles. The van der Waals surface area contributed by atoms with E-state index >= 15 is 0 Å². The first-order valence-corrected chi connectivity index (χ1v) is 9.00. The Morgan fingerprint density at radius 2 is 1.75 bits per heavy atom. The zero-order valence-electron chi connectivity index (χ0n) is 13.3. The molecule has 1 heterocycles. The summed E-state index contributed by atoms with van der Waals surface area (Å²) in [6.45, 7) is 9.53. The van der Waals surface area contributed by atoms with Gasteiger partial charge in [-0.25, -0.2) is 8.42 Å². The molecule has 1 aliphatic heterocycles. The van der Waals surface area contributed by atoms with Crippen molar-refractivity contribution in [2.24, 2.45) is 0 Å². The van der Waals surface area contributed by atoms with E-state index in [0.717, 1.165) is 26.2 Å². The van der Waals surface area contributed by atoms with Gasteiger partial charge in [-0.05, 0) is 14.1 Å². The molecule has 0 bridgehead atoms. The van der Waals surface area contributed by atoms with Gasteiger partial charge < -0.3 is 10.2 Å². The fourth-order valence-corrected chi connectivity index (χ4v) is 3.53. The zero-order chi connectivity index (χ0) is 15.2. The van der Waals surface area contributed by atoms with Gasteiger partial charge in [0, 0.05) is 51.9 Å². The van der Waals surface area contributed by atoms with Gasteiger partial charge in [0.2, 0.25) is 10.0 Å². The van der Waals surface area contributed by atoms with E-state index in [2.05, 4.69) is 29.2 Å². The highest BCUT2D eigenvalue weighted by Gasteiger charge is 2.26. The summed E-state index contributed by atoms with van der Waals surface area (Å²) in [6, 6.07) is 0.327. The molecule has 1 aliphatic rings. The zero-order valence-corrected chi connectivity index (χ0v) is 14.1. The van der Waals surface area contributed by atoms with E-state index in [9.17, 15) is 8.42 Å². The van der Waals surface area contributed by atoms with Crippen LogP contribution in [0.1, 0.15) is 13.8 Å². The second-order valence-electron chi connectivity index (χ2n) is 5.97. The van der Waals surface area contributed by atoms with E-state index in [1.54, 1.807) is 4.31 Å². The van der Waals surface area contributed by atoms with Crippen LogP contribution in [0.2, 0.25) is 0 Å². The number of hydrogen-bond acceptors (Lipinski definition) is 5. The van der Waals surface area contributed by atoms with E-state index in [-0.39, 0.29) is 5.75 Å². The summed E-state index contributed by atoms with van der Waals surface area (Å²) in [4.78, 5) is 4.49. The Bertz CT molecular complexity index is 363. The number of nitrogens with zero attached hydrogens (tertiary/aromatic N) is 3. The van der Waals surface area contributed by atoms with E-state index in [1.165, 1.54) is 0 Å². The van der Waals surface area contributed by atoms with Crippen LogP contribution in [-0.2, 0) is 10.0 Å². The maximum absolute atomic E-state index is 12.2. The lowest BCUT2D eigenvalue weighted by molar-refractivity contribution is 0.174. The Kier molecular flexibility index (Phi) is 7.39. The second kappa shape index (κ2) is 8.29. The molecule has 0 amide bonds. The largest absolute Gasteiger partial charge is 0.313 e. The highest BCUT2D eigenvalue weighted by Crippen LogP contribution is 2.07. The van der Waals surface area contributed by atoms with Gasteiger partial charge in [-0.15, -0.1) is 0 Å². The standard InChI is InChI=1S/C13H30N4O2S/c1-13(2)14-5-12-20(18,19)17-10-8-16(9-11-17)7-6-15(3)4/h13-14H,5-12H2,1-4H3. The van der Waals surface area contributed by atoms with Crippen molar-refractivity contribution in [2.75, 3.05) is 65.7 Å². The first-order valence-electron chi connectivity index (χ1n) is 7.39. The molecule has 0 aromatic rings. The number of nitrogens with one attached hydrogen (secondary N) is 1. The molecule has 0 aliphatic carbocycles. The van der Waals surface area contributed by atoms with E-state index < -0.39 is 10.0 Å². The highest BCUT2D eigenvalue weighted by atomic mass is 32.2. The summed E-state index contributed by atoms with van der Waals surface area (Å²) in [5.74, 6) is 0.197. The molecule has 0 aromatic carbocycles. The molecular formula is C13H30N4O2S. The molecule has 7 heteroatoms. The van der Waals surface area contributed by atoms with Crippen LogP contribution in [0.5, 0.6) is 0 Å². The van der Waals surface area contributed by atoms with Crippen molar-refractivity contribution in [2.45, 2.75) is 19.9 Å². The van der Waals surface area contributed by atoms with Crippen molar-refractivity contribution in [3.05, 3.63) is 0 Å². The minimum atomic E-state index is -3.10. The lowest BCUT2D eigenvalue weighted by Crippen LogP contribution is -2.51. The third-order valence-electron chi connectivity index (χ3n) is 3.50. The molecule has 1 fully saturated rings. The maximum Gasteiger partial charge on any atom is 0.215 e. The molecule has 0 unspecified atom stereocenters. The quantitative estimate of drug-likeness (QED) is 0.655. The number of piperazine rings is 1. The van der Waals surface area contributed by atoms with Gasteiger partial charge in [0.1, 0.15) is 0 Å². The van der Waals surface area contributed by atoms with Crippen molar-refractivity contribution >= 4 is 10.0 Å². The van der Waals surface area contributed by atoms with Crippen LogP contribution < -0.4 is 5.32 Å². The molecule has 120 valence electrons. The smallest absolute Gasteiger partial charge is 0.215 e. The molecule has 20 heavy (non-hydrogen) atoms. The third kappa shape index (κ3) is 6.49. The van der Waals surface area contributed by atoms with Crippen LogP contribution in [0.3, 0.4) is 0 Å². The number of hydrogen-bond donors (Lipinski definition) is 1. The summed E-state index contributed by atoms with van der Waals surface area (Å²) in [5, 5.41) is 3.16. The Morgan fingerprint density at radius 1 is 1.15 bits per heavy atom. The molecule has 0 radical (unpaired) electrons. The minimum Gasteiger partial charge on any atom is -0.313 e. The molecule has 0 aromatic heterocycles. The highest BCUT2D eigenvalue weighted by molar-refractivity contribution is 7.89. The lowest BCUT2D eigenvalue weighted by atomic mass is 10.3. The Hall–Kier alpha value is -0.210. The van der Waals surface area contributed by atoms with E-state index in [4.69, 9.17) is 0 Å². The van der Waals surface area contributed by atoms with E-state index in [0.29, 0.717) is 25.7 Å². The monoisotopic (exact) mass is 306 g/mol. The summed E-state index contributed by atoms with van der Waals surface area (Å²) < 4.78 is 26.0. The molecule has 1 rings (SSSR count). The van der Waals surface area contributed by atoms with Gasteiger partial charge in [-0.3, -0.25) is 4.90 Å². The third-order valence-corrected chi connectivity index (χ3v) is 5.37. The van der Waals surface area contributed by atoms with Crippen LogP contribution in [0.15, 0.2) is 0 Å². The summed E-state index contributed by atoms with van der Waals surface area (Å²) in [5.41, 5.74) is 0. The Balaban J connectivity index is 2.32. The minimum absolute atomic E-state index is 0.197. The predicted molar refractivity (Wildman–Crippen MR) is 83.5 cm³/mol. The van der Waals surface area contributed by atoms with Crippen molar-refractivity contribution in [3.63, 3.8) is 0 Å². The topological polar surface area (TPSA) is 55.9 Å². The van der Waals surface area contributed by atoms with Crippen molar-refractivity contribution in [3.8, 4) is 0 Å². The van der Waals surface area contributed by atoms with Gasteiger partial charge in [-0.1, -0.05) is 13.8 Å². The van der Waals surface area contributed by atoms with Gasteiger partial charge in [-0.2, -0.15) is 4.31 Å². The number of likely N-dealkylation sites (N-methyl/N-ethyl adjacent to an activating group) is 1. The lowest BCUT2D eigenvalue weighted by Gasteiger charge is -2.34. The number of rotatable bonds is 8. The molecular weight excluding hydrogens is 276 g/mol. The van der Waals surface area contributed by atoms with Gasteiger partial charge in [0.05, 0.1) is 5.75 Å². The maximum atomic E-state index is 12.2. The van der Waals surface area contributed by atoms with Crippen molar-refractivity contribution < 1.29 is 8.42 Å². The first kappa shape index (κ1) is 17.8. The van der Waals surface area contributed by atoms with Crippen LogP contribution in [0, 0.1) is 0 Å². The molecule has 0 spiro atoms. The van der Waals surface area contributed by atoms with Gasteiger partial charge in [0.25, 0.3) is 0 Å². The molecule has 1 saturated heterocycles. The Labute approximate surface area is 124 Å². The van der Waals surface area contributed by atoms with Crippen LogP contribution in [-0.4, -0.2) is 94.2 Å². The predicted octanol–water partition coefficient (Wildman–Crippen LogP) is -0.507. The van der Waals surface area contributed by atoms with Crippen molar-refractivity contribution in [1.29, 1.82) is 0 Å². The Morgan fingerprint density at radius 3 is 2.25 bits per heavy atom. The average Bonchev–Trinajstić information content (AvgIpc) is 2.36. The first-order chi connectivity index (χ1) is 9.31. The summed E-state index contributed by atoms with van der Waals surface area (Å²) in [6.07, 6.45) is 0. The van der Waals surface area contributed by atoms with Crippen LogP contribution in [0.25, 0.3) is 0 Å². The fraction of sp³-hybridized carbons (Fsp3) is 1.00. The fourth-order valence-electron chi connectivity index (χ4n) is 2.18. The second-order valence-corrected chi connectivity index (χ2v) is 8.06. The SMILES string of the molecule is CC(C)NCCS(=O)(=O)N1CCN(CCN(C)C)CC1. The van der Waals surface area contributed by atoms with Crippen LogP contribution in [0.4, 0.5) is 0 Å². The molecule has 0 atom stereocenters.